The van der Waals surface area contributed by atoms with Crippen molar-refractivity contribution in [3.05, 3.63) is 33.9 Å². The van der Waals surface area contributed by atoms with Crippen LogP contribution >= 0.6 is 0 Å². The molecule has 7 heteroatoms. The summed E-state index contributed by atoms with van der Waals surface area (Å²) < 4.78 is 38.4. The van der Waals surface area contributed by atoms with E-state index >= 15 is 0 Å². The molecule has 0 unspecified atom stereocenters. The number of nitrogens with one attached hydrogen (secondary N) is 1. The normalized spacial score (nSPS) is 11.7. The van der Waals surface area contributed by atoms with Gasteiger partial charge < -0.3 is 5.32 Å². The van der Waals surface area contributed by atoms with Gasteiger partial charge in [-0.1, -0.05) is 26.7 Å². The molecule has 0 radical (unpaired) electrons. The third-order valence-corrected chi connectivity index (χ3v) is 3.04. The molecule has 118 valence electrons. The number of alkyl halides is 3. The summed E-state index contributed by atoms with van der Waals surface area (Å²) >= 11 is 0. The first kappa shape index (κ1) is 17.3. The largest absolute Gasteiger partial charge is 0.423 e. The first-order valence-corrected chi connectivity index (χ1v) is 6.81. The van der Waals surface area contributed by atoms with E-state index in [1.54, 1.807) is 0 Å². The van der Waals surface area contributed by atoms with Crippen LogP contribution in [0.4, 0.5) is 24.5 Å². The van der Waals surface area contributed by atoms with Crippen molar-refractivity contribution >= 4 is 11.4 Å². The molecule has 0 aliphatic heterocycles. The molecule has 21 heavy (non-hydrogen) atoms. The maximum absolute atomic E-state index is 12.8. The summed E-state index contributed by atoms with van der Waals surface area (Å²) in [5, 5.41) is 13.5. The molecule has 0 aliphatic carbocycles. The van der Waals surface area contributed by atoms with Crippen LogP contribution in [0.15, 0.2) is 18.2 Å². The molecule has 0 spiro atoms. The minimum Gasteiger partial charge on any atom is -0.385 e. The molecule has 0 aliphatic rings. The van der Waals surface area contributed by atoms with Crippen LogP contribution in [0.3, 0.4) is 0 Å². The van der Waals surface area contributed by atoms with Gasteiger partial charge in [0.15, 0.2) is 0 Å². The van der Waals surface area contributed by atoms with Crippen LogP contribution in [0.25, 0.3) is 0 Å². The maximum Gasteiger partial charge on any atom is 0.423 e. The standard InChI is InChI=1S/C14H19F3N2O2/c1-10(2)5-3-4-8-18-11-6-7-13(19(20)21)12(9-11)14(15,16)17/h6-7,9-10,18H,3-5,8H2,1-2H3. The summed E-state index contributed by atoms with van der Waals surface area (Å²) in [6.07, 6.45) is -1.84. The number of nitro groups is 1. The molecular weight excluding hydrogens is 285 g/mol. The quantitative estimate of drug-likeness (QED) is 0.445. The van der Waals surface area contributed by atoms with E-state index in [9.17, 15) is 23.3 Å². The van der Waals surface area contributed by atoms with Gasteiger partial charge >= 0.3 is 6.18 Å². The fourth-order valence-electron chi connectivity index (χ4n) is 1.94. The van der Waals surface area contributed by atoms with Crippen LogP contribution in [0, 0.1) is 16.0 Å². The molecule has 4 nitrogen and oxygen atoms in total. The molecule has 0 saturated heterocycles. The van der Waals surface area contributed by atoms with Crippen molar-refractivity contribution in [3.63, 3.8) is 0 Å². The van der Waals surface area contributed by atoms with Gasteiger partial charge in [0.1, 0.15) is 5.56 Å². The highest BCUT2D eigenvalue weighted by atomic mass is 19.4. The fraction of sp³-hybridized carbons (Fsp3) is 0.571. The zero-order valence-corrected chi connectivity index (χ0v) is 12.0. The van der Waals surface area contributed by atoms with E-state index in [4.69, 9.17) is 0 Å². The monoisotopic (exact) mass is 304 g/mol. The van der Waals surface area contributed by atoms with Gasteiger partial charge in [-0.2, -0.15) is 13.2 Å². The number of halogens is 3. The Kier molecular flexibility index (Phi) is 5.99. The van der Waals surface area contributed by atoms with Crippen molar-refractivity contribution in [2.24, 2.45) is 5.92 Å². The summed E-state index contributed by atoms with van der Waals surface area (Å²) in [7, 11) is 0. The highest BCUT2D eigenvalue weighted by Crippen LogP contribution is 2.37. The lowest BCUT2D eigenvalue weighted by molar-refractivity contribution is -0.388. The van der Waals surface area contributed by atoms with Crippen molar-refractivity contribution in [2.75, 3.05) is 11.9 Å². The summed E-state index contributed by atoms with van der Waals surface area (Å²) in [5.74, 6) is 0.598. The lowest BCUT2D eigenvalue weighted by Crippen LogP contribution is -2.10. The van der Waals surface area contributed by atoms with Crippen LogP contribution in [0.5, 0.6) is 0 Å². The van der Waals surface area contributed by atoms with Crippen LogP contribution < -0.4 is 5.32 Å². The lowest BCUT2D eigenvalue weighted by Gasteiger charge is -2.11. The molecule has 1 aromatic rings. The second kappa shape index (κ2) is 7.28. The Morgan fingerprint density at radius 2 is 1.95 bits per heavy atom. The summed E-state index contributed by atoms with van der Waals surface area (Å²) in [6.45, 7) is 4.76. The van der Waals surface area contributed by atoms with Crippen molar-refractivity contribution < 1.29 is 18.1 Å². The third kappa shape index (κ3) is 5.61. The predicted octanol–water partition coefficient (Wildman–Crippen LogP) is 4.85. The zero-order valence-electron chi connectivity index (χ0n) is 12.0. The van der Waals surface area contributed by atoms with E-state index in [-0.39, 0.29) is 5.69 Å². The van der Waals surface area contributed by atoms with Gasteiger partial charge in [0.05, 0.1) is 4.92 Å². The number of nitro benzene ring substituents is 1. The van der Waals surface area contributed by atoms with Gasteiger partial charge in [-0.3, -0.25) is 10.1 Å². The van der Waals surface area contributed by atoms with E-state index in [0.717, 1.165) is 31.4 Å². The van der Waals surface area contributed by atoms with Gasteiger partial charge in [-0.05, 0) is 24.5 Å². The van der Waals surface area contributed by atoms with Crippen molar-refractivity contribution in [1.82, 2.24) is 0 Å². The SMILES string of the molecule is CC(C)CCCCNc1ccc([N+](=O)[O-])c(C(F)(F)F)c1. The predicted molar refractivity (Wildman–Crippen MR) is 75.3 cm³/mol. The Balaban J connectivity index is 2.71. The smallest absolute Gasteiger partial charge is 0.385 e. The average Bonchev–Trinajstić information content (AvgIpc) is 2.36. The molecule has 1 aromatic carbocycles. The van der Waals surface area contributed by atoms with E-state index in [0.29, 0.717) is 12.5 Å². The Hall–Kier alpha value is -1.79. The van der Waals surface area contributed by atoms with Gasteiger partial charge in [0.25, 0.3) is 5.69 Å². The van der Waals surface area contributed by atoms with E-state index in [2.05, 4.69) is 19.2 Å². The molecule has 0 saturated carbocycles. The van der Waals surface area contributed by atoms with Gasteiger partial charge in [-0.25, -0.2) is 0 Å². The van der Waals surface area contributed by atoms with Gasteiger partial charge in [0, 0.05) is 18.3 Å². The molecule has 0 heterocycles. The minimum atomic E-state index is -4.74. The first-order chi connectivity index (χ1) is 9.71. The Morgan fingerprint density at radius 3 is 2.48 bits per heavy atom. The van der Waals surface area contributed by atoms with E-state index < -0.39 is 22.4 Å². The van der Waals surface area contributed by atoms with Crippen LogP contribution in [-0.4, -0.2) is 11.5 Å². The zero-order chi connectivity index (χ0) is 16.0. The van der Waals surface area contributed by atoms with Gasteiger partial charge in [0.2, 0.25) is 0 Å². The highest BCUT2D eigenvalue weighted by molar-refractivity contribution is 5.55. The molecular formula is C14H19F3N2O2. The van der Waals surface area contributed by atoms with Gasteiger partial charge in [-0.15, -0.1) is 0 Å². The Bertz CT molecular complexity index is 488. The molecule has 1 N–H and O–H groups in total. The number of anilines is 1. The lowest BCUT2D eigenvalue weighted by atomic mass is 10.1. The number of unbranched alkanes of at least 4 members (excludes halogenated alkanes) is 1. The topological polar surface area (TPSA) is 55.2 Å². The second-order valence-electron chi connectivity index (χ2n) is 5.30. The first-order valence-electron chi connectivity index (χ1n) is 6.81. The minimum absolute atomic E-state index is 0.248. The summed E-state index contributed by atoms with van der Waals surface area (Å²) in [5.41, 5.74) is -1.90. The van der Waals surface area contributed by atoms with Crippen LogP contribution in [0.2, 0.25) is 0 Å². The van der Waals surface area contributed by atoms with Crippen LogP contribution in [0.1, 0.15) is 38.7 Å². The summed E-state index contributed by atoms with van der Waals surface area (Å²) in [4.78, 5) is 9.61. The second-order valence-corrected chi connectivity index (χ2v) is 5.30. The average molecular weight is 304 g/mol. The number of benzene rings is 1. The van der Waals surface area contributed by atoms with E-state index in [1.165, 1.54) is 6.07 Å². The number of hydrogen-bond acceptors (Lipinski definition) is 3. The molecule has 0 amide bonds. The maximum atomic E-state index is 12.8. The van der Waals surface area contributed by atoms with Crippen molar-refractivity contribution in [2.45, 2.75) is 39.3 Å². The molecule has 0 aromatic heterocycles. The molecule has 1 rings (SSSR count). The molecule has 0 fully saturated rings. The van der Waals surface area contributed by atoms with Crippen molar-refractivity contribution in [1.29, 1.82) is 0 Å². The Labute approximate surface area is 121 Å². The number of nitrogens with zero attached hydrogens (tertiary/aromatic N) is 1. The molecule has 0 bridgehead atoms. The van der Waals surface area contributed by atoms with Crippen molar-refractivity contribution in [3.8, 4) is 0 Å². The Morgan fingerprint density at radius 1 is 1.29 bits per heavy atom. The number of rotatable bonds is 7. The summed E-state index contributed by atoms with van der Waals surface area (Å²) in [6, 6.07) is 2.98. The molecule has 0 atom stereocenters. The van der Waals surface area contributed by atoms with Crippen LogP contribution in [-0.2, 0) is 6.18 Å². The number of hydrogen-bond donors (Lipinski definition) is 1. The highest BCUT2D eigenvalue weighted by Gasteiger charge is 2.38. The fourth-order valence-corrected chi connectivity index (χ4v) is 1.94. The third-order valence-electron chi connectivity index (χ3n) is 3.04. The van der Waals surface area contributed by atoms with E-state index in [1.807, 2.05) is 0 Å².